The number of anilines is 1. The number of nitrogens with one attached hydrogen (secondary N) is 1. The smallest absolute Gasteiger partial charge is 0.317 e. The molecular formula is C22H16N4O3. The molecule has 7 nitrogen and oxygen atoms in total. The SMILES string of the molecule is O=C1Cc2ccccc2C(c2ccccc2)=NC1Nc1nnc(-c2ccco2)o1. The minimum absolute atomic E-state index is 0.0823. The van der Waals surface area contributed by atoms with E-state index in [0.29, 0.717) is 5.76 Å². The number of Topliss-reactive ketones (excluding diaryl/α,β-unsaturated/α-hetero) is 1. The molecule has 1 aliphatic rings. The Morgan fingerprint density at radius 1 is 0.931 bits per heavy atom. The number of ketones is 1. The molecular weight excluding hydrogens is 368 g/mol. The minimum atomic E-state index is -0.845. The molecule has 2 aromatic heterocycles. The Morgan fingerprint density at radius 3 is 2.59 bits per heavy atom. The van der Waals surface area contributed by atoms with E-state index in [1.807, 2.05) is 54.6 Å². The molecule has 5 rings (SSSR count). The van der Waals surface area contributed by atoms with Crippen molar-refractivity contribution < 1.29 is 13.6 Å². The summed E-state index contributed by atoms with van der Waals surface area (Å²) in [6, 6.07) is 21.2. The lowest BCUT2D eigenvalue weighted by Crippen LogP contribution is -2.29. The van der Waals surface area contributed by atoms with E-state index in [2.05, 4.69) is 15.5 Å². The summed E-state index contributed by atoms with van der Waals surface area (Å²) < 4.78 is 10.9. The lowest BCUT2D eigenvalue weighted by molar-refractivity contribution is -0.119. The number of fused-ring (bicyclic) bond motifs is 1. The summed E-state index contributed by atoms with van der Waals surface area (Å²) in [4.78, 5) is 17.7. The minimum Gasteiger partial charge on any atom is -0.459 e. The highest BCUT2D eigenvalue weighted by Gasteiger charge is 2.27. The van der Waals surface area contributed by atoms with E-state index in [-0.39, 0.29) is 24.1 Å². The summed E-state index contributed by atoms with van der Waals surface area (Å²) in [7, 11) is 0. The van der Waals surface area contributed by atoms with Gasteiger partial charge >= 0.3 is 6.01 Å². The Kier molecular flexibility index (Phi) is 4.25. The van der Waals surface area contributed by atoms with Gasteiger partial charge in [0.15, 0.2) is 17.7 Å². The van der Waals surface area contributed by atoms with E-state index < -0.39 is 6.17 Å². The van der Waals surface area contributed by atoms with Gasteiger partial charge in [0.05, 0.1) is 12.0 Å². The molecule has 0 saturated heterocycles. The molecule has 7 heteroatoms. The van der Waals surface area contributed by atoms with Crippen LogP contribution >= 0.6 is 0 Å². The monoisotopic (exact) mass is 384 g/mol. The van der Waals surface area contributed by atoms with Crippen LogP contribution in [-0.4, -0.2) is 27.9 Å². The number of carbonyl (C=O) groups excluding carboxylic acids is 1. The molecule has 29 heavy (non-hydrogen) atoms. The van der Waals surface area contributed by atoms with Crippen molar-refractivity contribution in [3.05, 3.63) is 89.7 Å². The fraction of sp³-hybridized carbons (Fsp3) is 0.0909. The topological polar surface area (TPSA) is 93.5 Å². The number of benzene rings is 2. The van der Waals surface area contributed by atoms with Crippen LogP contribution < -0.4 is 5.32 Å². The first-order chi connectivity index (χ1) is 14.3. The maximum Gasteiger partial charge on any atom is 0.317 e. The van der Waals surface area contributed by atoms with Crippen molar-refractivity contribution >= 4 is 17.5 Å². The van der Waals surface area contributed by atoms with E-state index >= 15 is 0 Å². The van der Waals surface area contributed by atoms with E-state index in [9.17, 15) is 4.79 Å². The molecule has 4 aromatic rings. The molecule has 1 unspecified atom stereocenters. The fourth-order valence-corrected chi connectivity index (χ4v) is 3.30. The number of furan rings is 1. The lowest BCUT2D eigenvalue weighted by atomic mass is 9.96. The van der Waals surface area contributed by atoms with Crippen LogP contribution in [0.4, 0.5) is 6.01 Å². The van der Waals surface area contributed by atoms with Crippen LogP contribution in [0.25, 0.3) is 11.7 Å². The van der Waals surface area contributed by atoms with E-state index in [4.69, 9.17) is 13.8 Å². The highest BCUT2D eigenvalue weighted by atomic mass is 16.4. The quantitative estimate of drug-likeness (QED) is 0.576. The molecule has 0 fully saturated rings. The first kappa shape index (κ1) is 17.1. The molecule has 0 aliphatic carbocycles. The Balaban J connectivity index is 1.52. The first-order valence-corrected chi connectivity index (χ1v) is 9.16. The normalized spacial score (nSPS) is 16.1. The van der Waals surface area contributed by atoms with Crippen molar-refractivity contribution in [1.29, 1.82) is 0 Å². The Hall–Kier alpha value is -4.00. The molecule has 0 spiro atoms. The van der Waals surface area contributed by atoms with Crippen LogP contribution in [0.2, 0.25) is 0 Å². The van der Waals surface area contributed by atoms with Crippen LogP contribution in [-0.2, 0) is 11.2 Å². The summed E-state index contributed by atoms with van der Waals surface area (Å²) in [5.74, 6) is 0.605. The maximum absolute atomic E-state index is 12.9. The molecule has 1 aliphatic heterocycles. The van der Waals surface area contributed by atoms with Crippen LogP contribution in [0.1, 0.15) is 16.7 Å². The third-order valence-corrected chi connectivity index (χ3v) is 4.66. The number of hydrogen-bond donors (Lipinski definition) is 1. The molecule has 0 amide bonds. The molecule has 0 radical (unpaired) electrons. The van der Waals surface area contributed by atoms with Crippen molar-refractivity contribution in [3.8, 4) is 11.7 Å². The van der Waals surface area contributed by atoms with E-state index in [1.54, 1.807) is 12.1 Å². The van der Waals surface area contributed by atoms with E-state index in [0.717, 1.165) is 22.4 Å². The second-order valence-electron chi connectivity index (χ2n) is 6.58. The lowest BCUT2D eigenvalue weighted by Gasteiger charge is -2.11. The zero-order valence-corrected chi connectivity index (χ0v) is 15.3. The number of aromatic nitrogens is 2. The van der Waals surface area contributed by atoms with Gasteiger partial charge in [-0.2, -0.15) is 0 Å². The van der Waals surface area contributed by atoms with Crippen molar-refractivity contribution in [3.63, 3.8) is 0 Å². The van der Waals surface area contributed by atoms with Gasteiger partial charge in [-0.15, -0.1) is 5.10 Å². The second kappa shape index (κ2) is 7.20. The summed E-state index contributed by atoms with van der Waals surface area (Å²) in [6.07, 6.45) is 0.935. The summed E-state index contributed by atoms with van der Waals surface area (Å²) in [5, 5.41) is 10.9. The third kappa shape index (κ3) is 3.34. The van der Waals surface area contributed by atoms with Crippen molar-refractivity contribution in [1.82, 2.24) is 10.2 Å². The highest BCUT2D eigenvalue weighted by Crippen LogP contribution is 2.24. The van der Waals surface area contributed by atoms with Crippen LogP contribution in [0, 0.1) is 0 Å². The second-order valence-corrected chi connectivity index (χ2v) is 6.58. The predicted molar refractivity (Wildman–Crippen MR) is 107 cm³/mol. The summed E-state index contributed by atoms with van der Waals surface area (Å²) in [6.45, 7) is 0. The van der Waals surface area contributed by atoms with E-state index in [1.165, 1.54) is 6.26 Å². The molecule has 3 heterocycles. The summed E-state index contributed by atoms with van der Waals surface area (Å²) in [5.41, 5.74) is 3.56. The first-order valence-electron chi connectivity index (χ1n) is 9.16. The van der Waals surface area contributed by atoms with Gasteiger partial charge in [0, 0.05) is 17.5 Å². The number of rotatable bonds is 4. The van der Waals surface area contributed by atoms with Gasteiger partial charge in [-0.25, -0.2) is 0 Å². The van der Waals surface area contributed by atoms with Gasteiger partial charge in [-0.05, 0) is 17.7 Å². The molecule has 0 saturated carbocycles. The highest BCUT2D eigenvalue weighted by molar-refractivity contribution is 6.16. The number of aliphatic imine (C=N–C) groups is 1. The zero-order valence-electron chi connectivity index (χ0n) is 15.3. The van der Waals surface area contributed by atoms with Crippen LogP contribution in [0.5, 0.6) is 0 Å². The zero-order chi connectivity index (χ0) is 19.6. The molecule has 1 atom stereocenters. The van der Waals surface area contributed by atoms with Gasteiger partial charge in [-0.1, -0.05) is 59.7 Å². The Labute approximate surface area is 166 Å². The Bertz CT molecular complexity index is 1180. The largest absolute Gasteiger partial charge is 0.459 e. The van der Waals surface area contributed by atoms with Crippen molar-refractivity contribution in [2.75, 3.05) is 5.32 Å². The van der Waals surface area contributed by atoms with Crippen LogP contribution in [0.3, 0.4) is 0 Å². The van der Waals surface area contributed by atoms with Gasteiger partial charge < -0.3 is 14.2 Å². The van der Waals surface area contributed by atoms with Crippen molar-refractivity contribution in [2.45, 2.75) is 12.6 Å². The molecule has 142 valence electrons. The van der Waals surface area contributed by atoms with Gasteiger partial charge in [-0.3, -0.25) is 9.79 Å². The average molecular weight is 384 g/mol. The average Bonchev–Trinajstić information content (AvgIpc) is 3.42. The number of hydrogen-bond acceptors (Lipinski definition) is 7. The fourth-order valence-electron chi connectivity index (χ4n) is 3.30. The number of carbonyl (C=O) groups is 1. The summed E-state index contributed by atoms with van der Waals surface area (Å²) >= 11 is 0. The molecule has 2 aromatic carbocycles. The number of nitrogens with zero attached hydrogens (tertiary/aromatic N) is 3. The van der Waals surface area contributed by atoms with Gasteiger partial charge in [0.1, 0.15) is 0 Å². The standard InChI is InChI=1S/C22H16N4O3/c27-17-13-15-9-4-5-10-16(15)19(14-7-2-1-3-8-14)23-20(17)24-22-26-25-21(29-22)18-11-6-12-28-18/h1-12,20H,13H2,(H,24,26). The van der Waals surface area contributed by atoms with Crippen molar-refractivity contribution in [2.24, 2.45) is 4.99 Å². The Morgan fingerprint density at radius 2 is 1.76 bits per heavy atom. The molecule has 1 N–H and O–H groups in total. The molecule has 0 bridgehead atoms. The van der Waals surface area contributed by atoms with Gasteiger partial charge in [0.2, 0.25) is 0 Å². The predicted octanol–water partition coefficient (Wildman–Crippen LogP) is 3.73. The maximum atomic E-state index is 12.9. The van der Waals surface area contributed by atoms with Crippen LogP contribution in [0.15, 0.2) is 86.8 Å². The third-order valence-electron chi connectivity index (χ3n) is 4.66. The van der Waals surface area contributed by atoms with Gasteiger partial charge in [0.25, 0.3) is 5.89 Å².